The van der Waals surface area contributed by atoms with E-state index in [1.54, 1.807) is 11.8 Å². The van der Waals surface area contributed by atoms with Crippen LogP contribution in [0.5, 0.6) is 0 Å². The Kier molecular flexibility index (Phi) is 4.80. The lowest BCUT2D eigenvalue weighted by Gasteiger charge is -2.05. The van der Waals surface area contributed by atoms with Gasteiger partial charge in [-0.1, -0.05) is 0 Å². The highest BCUT2D eigenvalue weighted by molar-refractivity contribution is 7.98. The van der Waals surface area contributed by atoms with Gasteiger partial charge in [-0.25, -0.2) is 13.1 Å². The van der Waals surface area contributed by atoms with Gasteiger partial charge in [0.2, 0.25) is 10.0 Å². The molecule has 0 aliphatic rings. The monoisotopic (exact) mass is 256 g/mol. The minimum atomic E-state index is -3.43. The molecule has 0 atom stereocenters. The van der Waals surface area contributed by atoms with Crippen LogP contribution in [0, 0.1) is 11.3 Å². The molecule has 6 heteroatoms. The molecule has 0 aliphatic heterocycles. The Hall–Kier alpha value is -1.03. The zero-order valence-electron chi connectivity index (χ0n) is 8.80. The van der Waals surface area contributed by atoms with Crippen molar-refractivity contribution in [1.29, 1.82) is 5.26 Å². The standard InChI is InChI=1S/C10H12N2O2S2/c1-15-7-6-12-16(13,14)10-4-2-9(8-11)3-5-10/h2-5,12H,6-7H2,1H3. The van der Waals surface area contributed by atoms with Crippen LogP contribution in [0.25, 0.3) is 0 Å². The SMILES string of the molecule is CSCCNS(=O)(=O)c1ccc(C#N)cc1. The molecule has 1 rings (SSSR count). The summed E-state index contributed by atoms with van der Waals surface area (Å²) in [4.78, 5) is 0.188. The molecule has 0 amide bonds. The van der Waals surface area contributed by atoms with Gasteiger partial charge in [-0.05, 0) is 30.5 Å². The first kappa shape index (κ1) is 13.0. The summed E-state index contributed by atoms with van der Waals surface area (Å²) in [7, 11) is -3.43. The Bertz CT molecular complexity index is 475. The van der Waals surface area contributed by atoms with Crippen LogP contribution in [-0.2, 0) is 10.0 Å². The number of nitrogens with zero attached hydrogens (tertiary/aromatic N) is 1. The van der Waals surface area contributed by atoms with Crippen LogP contribution in [0.4, 0.5) is 0 Å². The van der Waals surface area contributed by atoms with Crippen molar-refractivity contribution in [2.75, 3.05) is 18.6 Å². The van der Waals surface area contributed by atoms with Crippen LogP contribution in [0.1, 0.15) is 5.56 Å². The first-order chi connectivity index (χ1) is 7.60. The molecule has 0 aromatic heterocycles. The summed E-state index contributed by atoms with van der Waals surface area (Å²) >= 11 is 1.57. The number of hydrogen-bond donors (Lipinski definition) is 1. The first-order valence-electron chi connectivity index (χ1n) is 4.59. The third-order valence-corrected chi connectivity index (χ3v) is 3.98. The van der Waals surface area contributed by atoms with Gasteiger partial charge in [-0.15, -0.1) is 0 Å². The van der Waals surface area contributed by atoms with E-state index in [-0.39, 0.29) is 4.90 Å². The minimum Gasteiger partial charge on any atom is -0.210 e. The third kappa shape index (κ3) is 3.52. The zero-order valence-corrected chi connectivity index (χ0v) is 10.4. The van der Waals surface area contributed by atoms with Crippen molar-refractivity contribution in [3.05, 3.63) is 29.8 Å². The lowest BCUT2D eigenvalue weighted by atomic mass is 10.2. The van der Waals surface area contributed by atoms with Gasteiger partial charge in [0.25, 0.3) is 0 Å². The molecule has 0 fully saturated rings. The second kappa shape index (κ2) is 5.89. The van der Waals surface area contributed by atoms with Crippen molar-refractivity contribution < 1.29 is 8.42 Å². The molecule has 1 aromatic rings. The molecule has 16 heavy (non-hydrogen) atoms. The molecule has 86 valence electrons. The van der Waals surface area contributed by atoms with Crippen molar-refractivity contribution in [3.8, 4) is 6.07 Å². The van der Waals surface area contributed by atoms with E-state index in [0.717, 1.165) is 5.75 Å². The van der Waals surface area contributed by atoms with Crippen molar-refractivity contribution >= 4 is 21.8 Å². The molecule has 0 unspecified atom stereocenters. The van der Waals surface area contributed by atoms with Gasteiger partial charge in [0.15, 0.2) is 0 Å². The topological polar surface area (TPSA) is 70.0 Å². The second-order valence-corrected chi connectivity index (χ2v) is 5.78. The summed E-state index contributed by atoms with van der Waals surface area (Å²) in [5.41, 5.74) is 0.447. The van der Waals surface area contributed by atoms with Gasteiger partial charge in [0, 0.05) is 12.3 Å². The number of thioether (sulfide) groups is 1. The number of hydrogen-bond acceptors (Lipinski definition) is 4. The Morgan fingerprint density at radius 3 is 2.50 bits per heavy atom. The summed E-state index contributed by atoms with van der Waals surface area (Å²) < 4.78 is 25.9. The van der Waals surface area contributed by atoms with Crippen molar-refractivity contribution in [3.63, 3.8) is 0 Å². The van der Waals surface area contributed by atoms with Gasteiger partial charge in [0.05, 0.1) is 16.5 Å². The van der Waals surface area contributed by atoms with E-state index in [2.05, 4.69) is 4.72 Å². The predicted octanol–water partition coefficient (Wildman–Crippen LogP) is 1.20. The van der Waals surface area contributed by atoms with E-state index in [1.165, 1.54) is 24.3 Å². The van der Waals surface area contributed by atoms with Gasteiger partial charge in [-0.2, -0.15) is 17.0 Å². The summed E-state index contributed by atoms with van der Waals surface area (Å²) in [5, 5.41) is 8.59. The van der Waals surface area contributed by atoms with E-state index in [1.807, 2.05) is 12.3 Å². The molecule has 0 heterocycles. The Balaban J connectivity index is 2.79. The lowest BCUT2D eigenvalue weighted by molar-refractivity contribution is 0.584. The maximum absolute atomic E-state index is 11.7. The lowest BCUT2D eigenvalue weighted by Crippen LogP contribution is -2.25. The van der Waals surface area contributed by atoms with Gasteiger partial charge in [-0.3, -0.25) is 0 Å². The Morgan fingerprint density at radius 2 is 2.00 bits per heavy atom. The summed E-state index contributed by atoms with van der Waals surface area (Å²) in [6, 6.07) is 7.78. The fraction of sp³-hybridized carbons (Fsp3) is 0.300. The molecular weight excluding hydrogens is 244 g/mol. The fourth-order valence-corrected chi connectivity index (χ4v) is 2.54. The van der Waals surface area contributed by atoms with E-state index in [4.69, 9.17) is 5.26 Å². The van der Waals surface area contributed by atoms with Crippen molar-refractivity contribution in [1.82, 2.24) is 4.72 Å². The summed E-state index contributed by atoms with van der Waals surface area (Å²) in [6.45, 7) is 0.406. The first-order valence-corrected chi connectivity index (χ1v) is 7.46. The molecule has 1 aromatic carbocycles. The van der Waals surface area contributed by atoms with E-state index >= 15 is 0 Å². The number of benzene rings is 1. The number of sulfonamides is 1. The van der Waals surface area contributed by atoms with Crippen LogP contribution in [0.3, 0.4) is 0 Å². The third-order valence-electron chi connectivity index (χ3n) is 1.89. The van der Waals surface area contributed by atoms with Crippen LogP contribution >= 0.6 is 11.8 Å². The Morgan fingerprint density at radius 1 is 1.38 bits per heavy atom. The number of nitrogens with one attached hydrogen (secondary N) is 1. The average molecular weight is 256 g/mol. The Labute approximate surface area is 99.7 Å². The molecule has 1 N–H and O–H groups in total. The second-order valence-electron chi connectivity index (χ2n) is 3.03. The molecule has 0 aliphatic carbocycles. The van der Waals surface area contributed by atoms with Gasteiger partial charge < -0.3 is 0 Å². The maximum atomic E-state index is 11.7. The largest absolute Gasteiger partial charge is 0.240 e. The van der Waals surface area contributed by atoms with E-state index in [0.29, 0.717) is 12.1 Å². The number of rotatable bonds is 5. The quantitative estimate of drug-likeness (QED) is 0.804. The molecule has 0 saturated carbocycles. The molecule has 0 spiro atoms. The maximum Gasteiger partial charge on any atom is 0.240 e. The van der Waals surface area contributed by atoms with Crippen LogP contribution in [-0.4, -0.2) is 27.0 Å². The van der Waals surface area contributed by atoms with Crippen LogP contribution in [0.15, 0.2) is 29.2 Å². The van der Waals surface area contributed by atoms with Crippen LogP contribution in [0.2, 0.25) is 0 Å². The predicted molar refractivity (Wildman–Crippen MR) is 64.7 cm³/mol. The van der Waals surface area contributed by atoms with Gasteiger partial charge >= 0.3 is 0 Å². The molecule has 0 saturated heterocycles. The highest BCUT2D eigenvalue weighted by Crippen LogP contribution is 2.09. The normalized spacial score (nSPS) is 11.0. The average Bonchev–Trinajstić information content (AvgIpc) is 2.29. The molecule has 4 nitrogen and oxygen atoms in total. The van der Waals surface area contributed by atoms with Crippen LogP contribution < -0.4 is 4.72 Å². The van der Waals surface area contributed by atoms with Crippen molar-refractivity contribution in [2.45, 2.75) is 4.90 Å². The van der Waals surface area contributed by atoms with Gasteiger partial charge in [0.1, 0.15) is 0 Å². The van der Waals surface area contributed by atoms with E-state index in [9.17, 15) is 8.42 Å². The highest BCUT2D eigenvalue weighted by Gasteiger charge is 2.12. The smallest absolute Gasteiger partial charge is 0.210 e. The fourth-order valence-electron chi connectivity index (χ4n) is 1.07. The number of nitriles is 1. The molecular formula is C10H12N2O2S2. The van der Waals surface area contributed by atoms with E-state index < -0.39 is 10.0 Å². The molecule has 0 bridgehead atoms. The molecule has 0 radical (unpaired) electrons. The zero-order chi connectivity index (χ0) is 12.0. The minimum absolute atomic E-state index is 0.188. The summed E-state index contributed by atoms with van der Waals surface area (Å²) in [6.07, 6.45) is 1.91. The summed E-state index contributed by atoms with van der Waals surface area (Å²) in [5.74, 6) is 0.732. The highest BCUT2D eigenvalue weighted by atomic mass is 32.2. The van der Waals surface area contributed by atoms with Crippen molar-refractivity contribution in [2.24, 2.45) is 0 Å².